The van der Waals surface area contributed by atoms with Crippen molar-refractivity contribution in [2.75, 3.05) is 25.5 Å². The fourth-order valence-corrected chi connectivity index (χ4v) is 6.03. The van der Waals surface area contributed by atoms with E-state index in [4.69, 9.17) is 28.2 Å². The largest absolute Gasteiger partial charge is 0.388 e. The van der Waals surface area contributed by atoms with Gasteiger partial charge in [0.15, 0.2) is 0 Å². The number of benzene rings is 2. The minimum absolute atomic E-state index is 0.0995. The van der Waals surface area contributed by atoms with Gasteiger partial charge in [0.05, 0.1) is 33.2 Å². The lowest BCUT2D eigenvalue weighted by Gasteiger charge is -2.28. The lowest BCUT2D eigenvalue weighted by molar-refractivity contribution is 0.0723. The topological polar surface area (TPSA) is 67.2 Å². The van der Waals surface area contributed by atoms with Crippen molar-refractivity contribution in [3.8, 4) is 27.5 Å². The van der Waals surface area contributed by atoms with Crippen LogP contribution < -0.4 is 10.9 Å². The van der Waals surface area contributed by atoms with Crippen molar-refractivity contribution in [2.24, 2.45) is 0 Å². The van der Waals surface area contributed by atoms with Crippen molar-refractivity contribution in [3.63, 3.8) is 0 Å². The molecular weight excluding hydrogens is 563 g/mol. The van der Waals surface area contributed by atoms with Crippen LogP contribution in [0.15, 0.2) is 64.3 Å². The SMILES string of the molecule is CNc1ccc(Cl)c(-n2c(C=C(C)C)c(C(=O)N3CCCCC3)cc(-c3nc(-c4ccc(Cl)cc4)cs3)c2=O)c1. The number of nitrogens with zero attached hydrogens (tertiary/aromatic N) is 3. The molecule has 2 aromatic carbocycles. The first-order valence-corrected chi connectivity index (χ1v) is 14.8. The molecule has 40 heavy (non-hydrogen) atoms. The minimum atomic E-state index is -0.296. The second-order valence-electron chi connectivity index (χ2n) is 10.0. The average molecular weight is 594 g/mol. The molecule has 2 aromatic heterocycles. The van der Waals surface area contributed by atoms with E-state index in [1.807, 2.05) is 73.6 Å². The molecule has 0 saturated carbocycles. The Morgan fingerprint density at radius 3 is 2.42 bits per heavy atom. The summed E-state index contributed by atoms with van der Waals surface area (Å²) in [4.78, 5) is 35.1. The van der Waals surface area contributed by atoms with E-state index in [0.717, 1.165) is 41.8 Å². The molecule has 1 N–H and O–H groups in total. The van der Waals surface area contributed by atoms with Crippen LogP contribution in [-0.2, 0) is 0 Å². The maximum Gasteiger partial charge on any atom is 0.265 e. The summed E-state index contributed by atoms with van der Waals surface area (Å²) in [6.45, 7) is 5.27. The summed E-state index contributed by atoms with van der Waals surface area (Å²) < 4.78 is 1.56. The van der Waals surface area contributed by atoms with E-state index in [0.29, 0.717) is 50.7 Å². The standard InChI is InChI=1S/C31H30Cl2N4O2S/c1-19(2)15-27-23(30(38)36-13-5-4-6-14-36)17-24(29-35-26(18-40-29)20-7-9-21(32)10-8-20)31(39)37(27)28-16-22(34-3)11-12-25(28)33/h7-12,15-18,34H,4-6,13-14H2,1-3H3. The number of aromatic nitrogens is 2. The fourth-order valence-electron chi connectivity index (χ4n) is 4.87. The second kappa shape index (κ2) is 12.0. The average Bonchev–Trinajstić information content (AvgIpc) is 3.44. The van der Waals surface area contributed by atoms with Gasteiger partial charge in [0.25, 0.3) is 11.5 Å². The predicted octanol–water partition coefficient (Wildman–Crippen LogP) is 8.03. The van der Waals surface area contributed by atoms with Gasteiger partial charge in [-0.3, -0.25) is 14.2 Å². The molecule has 0 spiro atoms. The summed E-state index contributed by atoms with van der Waals surface area (Å²) in [7, 11) is 1.81. The van der Waals surface area contributed by atoms with Crippen LogP contribution in [0.25, 0.3) is 33.6 Å². The first-order chi connectivity index (χ1) is 19.3. The van der Waals surface area contributed by atoms with Gasteiger partial charge in [0.2, 0.25) is 0 Å². The third-order valence-electron chi connectivity index (χ3n) is 6.89. The van der Waals surface area contributed by atoms with E-state index in [2.05, 4.69) is 5.32 Å². The highest BCUT2D eigenvalue weighted by atomic mass is 35.5. The molecule has 0 atom stereocenters. The fraction of sp³-hybridized carbons (Fsp3) is 0.258. The zero-order valence-corrected chi connectivity index (χ0v) is 25.0. The van der Waals surface area contributed by atoms with E-state index >= 15 is 0 Å². The number of carbonyl (C=O) groups is 1. The molecule has 4 aromatic rings. The summed E-state index contributed by atoms with van der Waals surface area (Å²) >= 11 is 14.2. The molecule has 0 bridgehead atoms. The first-order valence-electron chi connectivity index (χ1n) is 13.2. The Morgan fingerprint density at radius 1 is 1.02 bits per heavy atom. The van der Waals surface area contributed by atoms with Gasteiger partial charge in [-0.25, -0.2) is 4.98 Å². The quantitative estimate of drug-likeness (QED) is 0.246. The molecule has 1 fully saturated rings. The number of anilines is 1. The number of halogens is 2. The minimum Gasteiger partial charge on any atom is -0.388 e. The third kappa shape index (κ3) is 5.73. The maximum absolute atomic E-state index is 14.3. The number of amides is 1. The summed E-state index contributed by atoms with van der Waals surface area (Å²) in [5.74, 6) is -0.0995. The molecule has 1 aliphatic rings. The first kappa shape index (κ1) is 28.1. The van der Waals surface area contributed by atoms with Crippen LogP contribution in [0.1, 0.15) is 49.2 Å². The highest BCUT2D eigenvalue weighted by molar-refractivity contribution is 7.13. The van der Waals surface area contributed by atoms with Crippen LogP contribution >= 0.6 is 34.5 Å². The van der Waals surface area contributed by atoms with E-state index in [1.54, 1.807) is 16.7 Å². The Morgan fingerprint density at radius 2 is 1.75 bits per heavy atom. The Balaban J connectivity index is 1.78. The van der Waals surface area contributed by atoms with Crippen molar-refractivity contribution in [1.29, 1.82) is 0 Å². The molecule has 0 radical (unpaired) electrons. The number of allylic oxidation sites excluding steroid dienone is 1. The number of thiazole rings is 1. The van der Waals surface area contributed by atoms with Crippen LogP contribution in [0, 0.1) is 0 Å². The number of carbonyl (C=O) groups excluding carboxylic acids is 1. The lowest BCUT2D eigenvalue weighted by Crippen LogP contribution is -2.37. The molecule has 0 unspecified atom stereocenters. The summed E-state index contributed by atoms with van der Waals surface area (Å²) in [6, 6.07) is 14.5. The van der Waals surface area contributed by atoms with Crippen molar-refractivity contribution in [2.45, 2.75) is 33.1 Å². The summed E-state index contributed by atoms with van der Waals surface area (Å²) in [5, 5.41) is 6.60. The normalized spacial score (nSPS) is 13.3. The van der Waals surface area contributed by atoms with Crippen molar-refractivity contribution >= 4 is 52.2 Å². The van der Waals surface area contributed by atoms with Crippen LogP contribution in [0.3, 0.4) is 0 Å². The van der Waals surface area contributed by atoms with Crippen molar-refractivity contribution in [1.82, 2.24) is 14.5 Å². The van der Waals surface area contributed by atoms with Gasteiger partial charge in [0, 0.05) is 41.8 Å². The molecular formula is C31H30Cl2N4O2S. The Hall–Kier alpha value is -3.39. The smallest absolute Gasteiger partial charge is 0.265 e. The summed E-state index contributed by atoms with van der Waals surface area (Å²) in [5.41, 5.74) is 4.88. The molecule has 1 amide bonds. The van der Waals surface area contributed by atoms with Gasteiger partial charge in [0.1, 0.15) is 5.01 Å². The Kier molecular flexibility index (Phi) is 8.45. The molecule has 1 aliphatic heterocycles. The van der Waals surface area contributed by atoms with Crippen LogP contribution in [-0.4, -0.2) is 40.5 Å². The Labute approximate surface area is 247 Å². The molecule has 1 saturated heterocycles. The molecule has 9 heteroatoms. The van der Waals surface area contributed by atoms with Gasteiger partial charge in [-0.05, 0) is 75.6 Å². The number of hydrogen-bond acceptors (Lipinski definition) is 5. The van der Waals surface area contributed by atoms with E-state index in [1.165, 1.54) is 11.3 Å². The number of rotatable bonds is 6. The molecule has 0 aliphatic carbocycles. The molecule has 3 heterocycles. The van der Waals surface area contributed by atoms with E-state index in [9.17, 15) is 9.59 Å². The van der Waals surface area contributed by atoms with Crippen LogP contribution in [0.4, 0.5) is 5.69 Å². The summed E-state index contributed by atoms with van der Waals surface area (Å²) in [6.07, 6.45) is 4.91. The van der Waals surface area contributed by atoms with Crippen molar-refractivity contribution < 1.29 is 4.79 Å². The van der Waals surface area contributed by atoms with Crippen LogP contribution in [0.2, 0.25) is 10.0 Å². The van der Waals surface area contributed by atoms with Gasteiger partial charge in [-0.15, -0.1) is 11.3 Å². The van der Waals surface area contributed by atoms with Gasteiger partial charge in [-0.2, -0.15) is 0 Å². The van der Waals surface area contributed by atoms with Crippen molar-refractivity contribution in [3.05, 3.63) is 91.1 Å². The zero-order valence-electron chi connectivity index (χ0n) is 22.6. The molecule has 6 nitrogen and oxygen atoms in total. The zero-order chi connectivity index (χ0) is 28.4. The maximum atomic E-state index is 14.3. The number of hydrogen-bond donors (Lipinski definition) is 1. The van der Waals surface area contributed by atoms with E-state index < -0.39 is 0 Å². The number of pyridine rings is 1. The highest BCUT2D eigenvalue weighted by Crippen LogP contribution is 2.32. The van der Waals surface area contributed by atoms with Crippen LogP contribution in [0.5, 0.6) is 0 Å². The predicted molar refractivity (Wildman–Crippen MR) is 167 cm³/mol. The van der Waals surface area contributed by atoms with E-state index in [-0.39, 0.29) is 11.5 Å². The molecule has 206 valence electrons. The second-order valence-corrected chi connectivity index (χ2v) is 11.7. The van der Waals surface area contributed by atoms with Gasteiger partial charge < -0.3 is 10.2 Å². The third-order valence-corrected chi connectivity index (χ3v) is 8.34. The lowest BCUT2D eigenvalue weighted by atomic mass is 10.0. The van der Waals surface area contributed by atoms with Gasteiger partial charge >= 0.3 is 0 Å². The monoisotopic (exact) mass is 592 g/mol. The molecule has 5 rings (SSSR count). The number of piperidine rings is 1. The highest BCUT2D eigenvalue weighted by Gasteiger charge is 2.27. The number of likely N-dealkylation sites (tertiary alicyclic amines) is 1. The van der Waals surface area contributed by atoms with Gasteiger partial charge in [-0.1, -0.05) is 40.9 Å². The number of nitrogens with one attached hydrogen (secondary N) is 1. The Bertz CT molecular complexity index is 1650.